The molecule has 1 aliphatic carbocycles. The Morgan fingerprint density at radius 2 is 1.60 bits per heavy atom. The molecular formula is C24H32N4O2. The second-order valence-electron chi connectivity index (χ2n) is 8.76. The van der Waals surface area contributed by atoms with Crippen LogP contribution in [0.25, 0.3) is 5.69 Å². The van der Waals surface area contributed by atoms with E-state index in [1.807, 2.05) is 30.9 Å². The lowest BCUT2D eigenvalue weighted by Gasteiger charge is -2.37. The van der Waals surface area contributed by atoms with Crippen molar-refractivity contribution in [2.75, 3.05) is 26.2 Å². The molecule has 2 aromatic rings. The highest BCUT2D eigenvalue weighted by molar-refractivity contribution is 5.98. The van der Waals surface area contributed by atoms with Crippen molar-refractivity contribution >= 4 is 11.8 Å². The first-order valence-corrected chi connectivity index (χ1v) is 10.9. The number of piperazine rings is 1. The summed E-state index contributed by atoms with van der Waals surface area (Å²) < 4.78 is 2.15. The number of amides is 2. The van der Waals surface area contributed by atoms with Crippen LogP contribution in [0.5, 0.6) is 0 Å². The summed E-state index contributed by atoms with van der Waals surface area (Å²) in [6, 6.07) is 10.5. The molecule has 30 heavy (non-hydrogen) atoms. The number of aromatic nitrogens is 1. The van der Waals surface area contributed by atoms with E-state index in [2.05, 4.69) is 46.8 Å². The van der Waals surface area contributed by atoms with Crippen molar-refractivity contribution in [3.05, 3.63) is 52.8 Å². The van der Waals surface area contributed by atoms with Gasteiger partial charge >= 0.3 is 0 Å². The maximum Gasteiger partial charge on any atom is 0.256 e. The van der Waals surface area contributed by atoms with E-state index in [0.29, 0.717) is 32.2 Å². The van der Waals surface area contributed by atoms with E-state index < -0.39 is 0 Å². The first-order chi connectivity index (χ1) is 14.3. The van der Waals surface area contributed by atoms with Crippen molar-refractivity contribution in [1.29, 1.82) is 0 Å². The van der Waals surface area contributed by atoms with Gasteiger partial charge in [0.25, 0.3) is 5.91 Å². The van der Waals surface area contributed by atoms with Crippen LogP contribution < -0.4 is 5.32 Å². The van der Waals surface area contributed by atoms with Gasteiger partial charge < -0.3 is 14.8 Å². The quantitative estimate of drug-likeness (QED) is 0.828. The molecule has 1 aromatic carbocycles. The van der Waals surface area contributed by atoms with Crippen molar-refractivity contribution in [3.8, 4) is 5.69 Å². The zero-order valence-electron chi connectivity index (χ0n) is 18.4. The minimum absolute atomic E-state index is 0.0657. The van der Waals surface area contributed by atoms with E-state index in [4.69, 9.17) is 0 Å². The van der Waals surface area contributed by atoms with Gasteiger partial charge in [0.2, 0.25) is 5.91 Å². The molecule has 1 saturated heterocycles. The molecule has 1 N–H and O–H groups in total. The Morgan fingerprint density at radius 3 is 2.20 bits per heavy atom. The molecule has 2 amide bonds. The predicted molar refractivity (Wildman–Crippen MR) is 118 cm³/mol. The van der Waals surface area contributed by atoms with Crippen LogP contribution in [-0.4, -0.2) is 64.4 Å². The van der Waals surface area contributed by atoms with E-state index in [1.165, 1.54) is 0 Å². The van der Waals surface area contributed by atoms with Gasteiger partial charge in [0, 0.05) is 43.6 Å². The number of hydrogen-bond acceptors (Lipinski definition) is 3. The Bertz CT molecular complexity index is 933. The lowest BCUT2D eigenvalue weighted by Crippen LogP contribution is -2.55. The van der Waals surface area contributed by atoms with Gasteiger partial charge in [-0.1, -0.05) is 11.6 Å². The van der Waals surface area contributed by atoms with E-state index in [0.717, 1.165) is 41.0 Å². The van der Waals surface area contributed by atoms with E-state index in [-0.39, 0.29) is 17.9 Å². The van der Waals surface area contributed by atoms with Gasteiger partial charge in [0.1, 0.15) is 0 Å². The Kier molecular flexibility index (Phi) is 5.69. The maximum absolute atomic E-state index is 13.5. The molecule has 6 nitrogen and oxygen atoms in total. The molecule has 1 aliphatic heterocycles. The van der Waals surface area contributed by atoms with Crippen LogP contribution >= 0.6 is 0 Å². The van der Waals surface area contributed by atoms with Crippen LogP contribution in [0.4, 0.5) is 0 Å². The molecule has 1 aromatic heterocycles. The number of carbonyl (C=O) groups is 2. The van der Waals surface area contributed by atoms with Crippen molar-refractivity contribution in [2.45, 2.75) is 52.6 Å². The standard InChI is InChI=1S/C24H32N4O2/c1-16-5-10-22(28-17(2)6-7-18(28)3)21(15-16)24(30)27-13-11-26(12-14-27)19(4)23(29)25-20-8-9-20/h5-7,10,15,19-20H,8-9,11-14H2,1-4H3,(H,25,29). The number of carbonyl (C=O) groups excluding carboxylic acids is 2. The predicted octanol–water partition coefficient (Wildman–Crippen LogP) is 2.83. The largest absolute Gasteiger partial charge is 0.352 e. The topological polar surface area (TPSA) is 57.6 Å². The second-order valence-corrected chi connectivity index (χ2v) is 8.76. The number of nitrogens with zero attached hydrogens (tertiary/aromatic N) is 3. The van der Waals surface area contributed by atoms with Crippen LogP contribution in [0.15, 0.2) is 30.3 Å². The number of hydrogen-bond donors (Lipinski definition) is 1. The summed E-state index contributed by atoms with van der Waals surface area (Å²) in [5.74, 6) is 0.174. The third-order valence-corrected chi connectivity index (χ3v) is 6.35. The Morgan fingerprint density at radius 1 is 0.967 bits per heavy atom. The third-order valence-electron chi connectivity index (χ3n) is 6.35. The normalized spacial score (nSPS) is 18.3. The maximum atomic E-state index is 13.5. The molecule has 1 unspecified atom stereocenters. The van der Waals surface area contributed by atoms with Gasteiger partial charge in [-0.15, -0.1) is 0 Å². The van der Waals surface area contributed by atoms with Crippen LogP contribution in [0.3, 0.4) is 0 Å². The van der Waals surface area contributed by atoms with Crippen LogP contribution in [0, 0.1) is 20.8 Å². The Balaban J connectivity index is 1.48. The Labute approximate surface area is 178 Å². The molecule has 4 rings (SSSR count). The highest BCUT2D eigenvalue weighted by Crippen LogP contribution is 2.24. The minimum atomic E-state index is -0.150. The van der Waals surface area contributed by atoms with Crippen LogP contribution in [0.2, 0.25) is 0 Å². The average Bonchev–Trinajstić information content (AvgIpc) is 3.50. The van der Waals surface area contributed by atoms with Crippen LogP contribution in [0.1, 0.15) is 47.1 Å². The molecule has 2 fully saturated rings. The number of rotatable bonds is 5. The molecule has 0 radical (unpaired) electrons. The lowest BCUT2D eigenvalue weighted by atomic mass is 10.1. The van der Waals surface area contributed by atoms with Gasteiger partial charge in [0.05, 0.1) is 17.3 Å². The summed E-state index contributed by atoms with van der Waals surface area (Å²) in [7, 11) is 0. The van der Waals surface area contributed by atoms with Crippen molar-refractivity contribution in [2.24, 2.45) is 0 Å². The van der Waals surface area contributed by atoms with Gasteiger partial charge in [-0.3, -0.25) is 14.5 Å². The zero-order chi connectivity index (χ0) is 21.4. The molecule has 0 bridgehead atoms. The zero-order valence-corrected chi connectivity index (χ0v) is 18.4. The smallest absolute Gasteiger partial charge is 0.256 e. The van der Waals surface area contributed by atoms with Gasteiger partial charge in [-0.25, -0.2) is 0 Å². The average molecular weight is 409 g/mol. The Hall–Kier alpha value is -2.60. The first kappa shape index (κ1) is 20.7. The van der Waals surface area contributed by atoms with E-state index in [1.54, 1.807) is 0 Å². The fourth-order valence-electron chi connectivity index (χ4n) is 4.26. The highest BCUT2D eigenvalue weighted by Gasteiger charge is 2.31. The van der Waals surface area contributed by atoms with Gasteiger partial charge in [0.15, 0.2) is 0 Å². The third kappa shape index (κ3) is 4.15. The fraction of sp³-hybridized carbons (Fsp3) is 0.500. The monoisotopic (exact) mass is 408 g/mol. The summed E-state index contributed by atoms with van der Waals surface area (Å²) >= 11 is 0. The van der Waals surface area contributed by atoms with Gasteiger partial charge in [-0.05, 0) is 64.8 Å². The van der Waals surface area contributed by atoms with Gasteiger partial charge in [-0.2, -0.15) is 0 Å². The molecule has 2 heterocycles. The minimum Gasteiger partial charge on any atom is -0.352 e. The summed E-state index contributed by atoms with van der Waals surface area (Å²) in [5, 5.41) is 3.09. The number of aryl methyl sites for hydroxylation is 3. The molecule has 1 atom stereocenters. The summed E-state index contributed by atoms with van der Waals surface area (Å²) in [5.41, 5.74) is 4.99. The first-order valence-electron chi connectivity index (χ1n) is 10.9. The number of nitrogens with one attached hydrogen (secondary N) is 1. The molecule has 2 aliphatic rings. The fourth-order valence-corrected chi connectivity index (χ4v) is 4.26. The molecule has 160 valence electrons. The summed E-state index contributed by atoms with van der Waals surface area (Å²) in [6.45, 7) is 10.8. The molecule has 0 spiro atoms. The van der Waals surface area contributed by atoms with Crippen molar-refractivity contribution < 1.29 is 9.59 Å². The summed E-state index contributed by atoms with van der Waals surface area (Å²) in [6.07, 6.45) is 2.19. The molecule has 6 heteroatoms. The van der Waals surface area contributed by atoms with Crippen molar-refractivity contribution in [3.63, 3.8) is 0 Å². The van der Waals surface area contributed by atoms with Crippen molar-refractivity contribution in [1.82, 2.24) is 19.7 Å². The highest BCUT2D eigenvalue weighted by atomic mass is 16.2. The molecular weight excluding hydrogens is 376 g/mol. The summed E-state index contributed by atoms with van der Waals surface area (Å²) in [4.78, 5) is 29.9. The second kappa shape index (κ2) is 8.26. The lowest BCUT2D eigenvalue weighted by molar-refractivity contribution is -0.126. The SMILES string of the molecule is Cc1ccc(-n2c(C)ccc2C)c(C(=O)N2CCN(C(C)C(=O)NC3CC3)CC2)c1. The van der Waals surface area contributed by atoms with E-state index >= 15 is 0 Å². The number of benzene rings is 1. The molecule has 1 saturated carbocycles. The van der Waals surface area contributed by atoms with Crippen LogP contribution in [-0.2, 0) is 4.79 Å². The van der Waals surface area contributed by atoms with E-state index in [9.17, 15) is 9.59 Å².